The quantitative estimate of drug-likeness (QED) is 0.797. The van der Waals surface area contributed by atoms with Crippen LogP contribution in [0.2, 0.25) is 0 Å². The van der Waals surface area contributed by atoms with Gasteiger partial charge in [-0.1, -0.05) is 6.92 Å². The van der Waals surface area contributed by atoms with E-state index in [4.69, 9.17) is 0 Å². The summed E-state index contributed by atoms with van der Waals surface area (Å²) >= 11 is 0. The Labute approximate surface area is 109 Å². The molecular formula is C12H23N3O2S. The maximum absolute atomic E-state index is 11.7. The Hall–Kier alpha value is -0.880. The van der Waals surface area contributed by atoms with Gasteiger partial charge in [0.05, 0.1) is 11.4 Å². The van der Waals surface area contributed by atoms with Crippen molar-refractivity contribution >= 4 is 9.84 Å². The Morgan fingerprint density at radius 2 is 2.17 bits per heavy atom. The van der Waals surface area contributed by atoms with Crippen molar-refractivity contribution < 1.29 is 8.42 Å². The van der Waals surface area contributed by atoms with Gasteiger partial charge in [-0.25, -0.2) is 8.42 Å². The lowest BCUT2D eigenvalue weighted by Gasteiger charge is -2.23. The molecule has 1 rings (SSSR count). The van der Waals surface area contributed by atoms with E-state index >= 15 is 0 Å². The molecule has 6 heteroatoms. The molecule has 0 amide bonds. The molecule has 0 aliphatic heterocycles. The number of nitrogens with one attached hydrogen (secondary N) is 1. The van der Waals surface area contributed by atoms with E-state index in [1.54, 1.807) is 17.8 Å². The Bertz CT molecular complexity index is 467. The fraction of sp³-hybridized carbons (Fsp3) is 0.750. The first-order chi connectivity index (χ1) is 8.34. The molecule has 0 aromatic carbocycles. The van der Waals surface area contributed by atoms with Crippen molar-refractivity contribution in [1.29, 1.82) is 0 Å². The van der Waals surface area contributed by atoms with E-state index < -0.39 is 15.1 Å². The molecule has 1 aromatic heterocycles. The van der Waals surface area contributed by atoms with E-state index in [9.17, 15) is 8.42 Å². The number of nitrogens with zero attached hydrogens (tertiary/aromatic N) is 2. The van der Waals surface area contributed by atoms with Crippen LogP contribution in [0.3, 0.4) is 0 Å². The Morgan fingerprint density at radius 3 is 2.61 bits per heavy atom. The van der Waals surface area contributed by atoms with E-state index in [-0.39, 0.29) is 6.04 Å². The van der Waals surface area contributed by atoms with Crippen LogP contribution in [0.4, 0.5) is 0 Å². The summed E-state index contributed by atoms with van der Waals surface area (Å²) in [6.07, 6.45) is 6.68. The van der Waals surface area contributed by atoms with E-state index in [1.807, 2.05) is 13.2 Å². The Balaban J connectivity index is 2.78. The fourth-order valence-electron chi connectivity index (χ4n) is 1.86. The van der Waals surface area contributed by atoms with Gasteiger partial charge in [0, 0.05) is 25.5 Å². The Kier molecular flexibility index (Phi) is 5.34. The van der Waals surface area contributed by atoms with Gasteiger partial charge in [-0.05, 0) is 31.9 Å². The number of aryl methyl sites for hydroxylation is 1. The van der Waals surface area contributed by atoms with Crippen LogP contribution in [0, 0.1) is 0 Å². The predicted molar refractivity (Wildman–Crippen MR) is 73.3 cm³/mol. The van der Waals surface area contributed by atoms with Crippen molar-refractivity contribution in [3.63, 3.8) is 0 Å². The van der Waals surface area contributed by atoms with E-state index in [0.717, 1.165) is 18.5 Å². The normalized spacial score (nSPS) is 15.6. The zero-order valence-electron chi connectivity index (χ0n) is 11.5. The van der Waals surface area contributed by atoms with Gasteiger partial charge in [0.1, 0.15) is 0 Å². The van der Waals surface area contributed by atoms with Gasteiger partial charge in [-0.2, -0.15) is 5.10 Å². The first-order valence-corrected chi connectivity index (χ1v) is 8.19. The molecule has 0 aliphatic rings. The van der Waals surface area contributed by atoms with Crippen molar-refractivity contribution in [1.82, 2.24) is 15.1 Å². The maximum atomic E-state index is 11.7. The number of rotatable bonds is 7. The molecular weight excluding hydrogens is 250 g/mol. The molecule has 0 bridgehead atoms. The molecule has 1 N–H and O–H groups in total. The van der Waals surface area contributed by atoms with Gasteiger partial charge in [-0.15, -0.1) is 0 Å². The van der Waals surface area contributed by atoms with Gasteiger partial charge in [0.15, 0.2) is 9.84 Å². The van der Waals surface area contributed by atoms with Crippen molar-refractivity contribution in [2.45, 2.75) is 38.0 Å². The predicted octanol–water partition coefficient (Wildman–Crippen LogP) is 0.764. The average Bonchev–Trinajstić information content (AvgIpc) is 2.68. The highest BCUT2D eigenvalue weighted by molar-refractivity contribution is 7.91. The van der Waals surface area contributed by atoms with Crippen LogP contribution < -0.4 is 5.32 Å². The smallest absolute Gasteiger partial charge is 0.151 e. The van der Waals surface area contributed by atoms with Crippen molar-refractivity contribution in [3.8, 4) is 0 Å². The SMILES string of the molecule is CCCNC(Cc1cnn(C)c1)C(C)S(C)(=O)=O. The highest BCUT2D eigenvalue weighted by Crippen LogP contribution is 2.11. The molecule has 5 nitrogen and oxygen atoms in total. The fourth-order valence-corrected chi connectivity index (χ4v) is 2.65. The third-order valence-electron chi connectivity index (χ3n) is 3.11. The summed E-state index contributed by atoms with van der Waals surface area (Å²) < 4.78 is 25.1. The molecule has 0 fully saturated rings. The Morgan fingerprint density at radius 1 is 1.50 bits per heavy atom. The number of aromatic nitrogens is 2. The second kappa shape index (κ2) is 6.33. The molecule has 2 atom stereocenters. The zero-order valence-corrected chi connectivity index (χ0v) is 12.4. The summed E-state index contributed by atoms with van der Waals surface area (Å²) in [6, 6.07) is -0.0656. The lowest BCUT2D eigenvalue weighted by molar-refractivity contribution is 0.482. The van der Waals surface area contributed by atoms with Crippen molar-refractivity contribution in [2.75, 3.05) is 12.8 Å². The van der Waals surface area contributed by atoms with Crippen LogP contribution in [0.1, 0.15) is 25.8 Å². The molecule has 1 heterocycles. The second-order valence-corrected chi connectivity index (χ2v) is 7.22. The molecule has 0 saturated carbocycles. The lowest BCUT2D eigenvalue weighted by Crippen LogP contribution is -2.44. The molecule has 0 radical (unpaired) electrons. The molecule has 0 saturated heterocycles. The van der Waals surface area contributed by atoms with Gasteiger partial charge in [0.2, 0.25) is 0 Å². The standard InChI is InChI=1S/C12H23N3O2S/c1-5-6-13-12(10(2)18(4,16)17)7-11-8-14-15(3)9-11/h8-10,12-13H,5-7H2,1-4H3. The van der Waals surface area contributed by atoms with Crippen molar-refractivity contribution in [3.05, 3.63) is 18.0 Å². The summed E-state index contributed by atoms with van der Waals surface area (Å²) in [5.74, 6) is 0. The second-order valence-electron chi connectivity index (χ2n) is 4.82. The first-order valence-electron chi connectivity index (χ1n) is 6.24. The van der Waals surface area contributed by atoms with Crippen LogP contribution in [0.25, 0.3) is 0 Å². The first kappa shape index (κ1) is 15.2. The van der Waals surface area contributed by atoms with E-state index in [2.05, 4.69) is 17.3 Å². The minimum absolute atomic E-state index is 0.0656. The van der Waals surface area contributed by atoms with Gasteiger partial charge >= 0.3 is 0 Å². The molecule has 18 heavy (non-hydrogen) atoms. The van der Waals surface area contributed by atoms with Gasteiger partial charge in [-0.3, -0.25) is 4.68 Å². The van der Waals surface area contributed by atoms with E-state index in [0.29, 0.717) is 6.42 Å². The van der Waals surface area contributed by atoms with Crippen LogP contribution >= 0.6 is 0 Å². The number of hydrogen-bond donors (Lipinski definition) is 1. The van der Waals surface area contributed by atoms with Crippen molar-refractivity contribution in [2.24, 2.45) is 7.05 Å². The zero-order chi connectivity index (χ0) is 13.8. The lowest BCUT2D eigenvalue weighted by atomic mass is 10.1. The molecule has 0 aliphatic carbocycles. The molecule has 104 valence electrons. The maximum Gasteiger partial charge on any atom is 0.151 e. The largest absolute Gasteiger partial charge is 0.312 e. The minimum Gasteiger partial charge on any atom is -0.312 e. The molecule has 1 aromatic rings. The monoisotopic (exact) mass is 273 g/mol. The van der Waals surface area contributed by atoms with Gasteiger partial charge < -0.3 is 5.32 Å². The average molecular weight is 273 g/mol. The highest BCUT2D eigenvalue weighted by Gasteiger charge is 2.25. The van der Waals surface area contributed by atoms with Crippen LogP contribution in [0.15, 0.2) is 12.4 Å². The highest BCUT2D eigenvalue weighted by atomic mass is 32.2. The van der Waals surface area contributed by atoms with Crippen LogP contribution in [-0.2, 0) is 23.3 Å². The van der Waals surface area contributed by atoms with E-state index in [1.165, 1.54) is 6.26 Å². The van der Waals surface area contributed by atoms with Crippen LogP contribution in [0.5, 0.6) is 0 Å². The summed E-state index contributed by atoms with van der Waals surface area (Å²) in [4.78, 5) is 0. The summed E-state index contributed by atoms with van der Waals surface area (Å²) in [5, 5.41) is 7.03. The third kappa shape index (κ3) is 4.42. The molecule has 0 spiro atoms. The minimum atomic E-state index is -3.04. The van der Waals surface area contributed by atoms with Crippen LogP contribution in [-0.4, -0.2) is 42.3 Å². The summed E-state index contributed by atoms with van der Waals surface area (Å²) in [7, 11) is -1.18. The summed E-state index contributed by atoms with van der Waals surface area (Å²) in [5.41, 5.74) is 1.06. The summed E-state index contributed by atoms with van der Waals surface area (Å²) in [6.45, 7) is 4.66. The number of hydrogen-bond acceptors (Lipinski definition) is 4. The number of sulfone groups is 1. The topological polar surface area (TPSA) is 64.0 Å². The molecule has 2 unspecified atom stereocenters. The third-order valence-corrected chi connectivity index (χ3v) is 4.79. The van der Waals surface area contributed by atoms with Gasteiger partial charge in [0.25, 0.3) is 0 Å².